The van der Waals surface area contributed by atoms with Crippen LogP contribution in [0.1, 0.15) is 31.7 Å². The van der Waals surface area contributed by atoms with Gasteiger partial charge in [0.05, 0.1) is 12.6 Å². The van der Waals surface area contributed by atoms with Gasteiger partial charge in [-0.3, -0.25) is 9.48 Å². The molecule has 16 heavy (non-hydrogen) atoms. The van der Waals surface area contributed by atoms with Gasteiger partial charge in [-0.05, 0) is 18.0 Å². The summed E-state index contributed by atoms with van der Waals surface area (Å²) >= 11 is 0. The normalized spacial score (nSPS) is 13.0. The van der Waals surface area contributed by atoms with E-state index in [-0.39, 0.29) is 12.3 Å². The Kier molecular flexibility index (Phi) is 4.49. The molecule has 0 radical (unpaired) electrons. The van der Waals surface area contributed by atoms with Gasteiger partial charge in [0.25, 0.3) is 0 Å². The van der Waals surface area contributed by atoms with Crippen LogP contribution in [0.25, 0.3) is 0 Å². The summed E-state index contributed by atoms with van der Waals surface area (Å²) in [7, 11) is 0. The summed E-state index contributed by atoms with van der Waals surface area (Å²) < 4.78 is 1.84. The first kappa shape index (κ1) is 12.7. The Bertz CT molecular complexity index is 347. The minimum absolute atomic E-state index is 0.0594. The van der Waals surface area contributed by atoms with Crippen LogP contribution >= 0.6 is 0 Å². The molecular weight excluding hydrogens is 206 g/mol. The lowest BCUT2D eigenvalue weighted by Gasteiger charge is -2.09. The molecular formula is C11H19N3O2. The van der Waals surface area contributed by atoms with Crippen molar-refractivity contribution in [2.75, 3.05) is 6.54 Å². The maximum atomic E-state index is 10.6. The molecule has 1 unspecified atom stereocenters. The summed E-state index contributed by atoms with van der Waals surface area (Å²) in [5.74, 6) is -0.450. The van der Waals surface area contributed by atoms with Crippen molar-refractivity contribution in [3.05, 3.63) is 18.0 Å². The number of hydrogen-bond acceptors (Lipinski definition) is 3. The van der Waals surface area contributed by atoms with Gasteiger partial charge in [0, 0.05) is 18.7 Å². The summed E-state index contributed by atoms with van der Waals surface area (Å²) in [5.41, 5.74) is 6.47. The second-order valence-corrected chi connectivity index (χ2v) is 4.42. The highest BCUT2D eigenvalue weighted by Gasteiger charge is 2.15. The van der Waals surface area contributed by atoms with Crippen molar-refractivity contribution in [1.29, 1.82) is 0 Å². The molecule has 1 aromatic heterocycles. The Morgan fingerprint density at radius 3 is 2.81 bits per heavy atom. The number of nitrogens with zero attached hydrogens (tertiary/aromatic N) is 2. The first-order valence-electron chi connectivity index (χ1n) is 5.47. The summed E-state index contributed by atoms with van der Waals surface area (Å²) in [6.07, 6.45) is 3.66. The minimum atomic E-state index is -0.827. The maximum absolute atomic E-state index is 10.6. The fourth-order valence-electron chi connectivity index (χ4n) is 1.61. The largest absolute Gasteiger partial charge is 0.481 e. The third kappa shape index (κ3) is 3.66. The monoisotopic (exact) mass is 225 g/mol. The molecule has 0 spiro atoms. The average molecular weight is 225 g/mol. The van der Waals surface area contributed by atoms with Gasteiger partial charge in [0.2, 0.25) is 0 Å². The van der Waals surface area contributed by atoms with Crippen molar-refractivity contribution >= 4 is 5.97 Å². The molecule has 0 amide bonds. The Balaban J connectivity index is 2.70. The second-order valence-electron chi connectivity index (χ2n) is 4.42. The molecule has 5 heteroatoms. The van der Waals surface area contributed by atoms with Crippen LogP contribution in [0.4, 0.5) is 0 Å². The number of rotatable bonds is 6. The van der Waals surface area contributed by atoms with Crippen LogP contribution in [-0.2, 0) is 11.3 Å². The predicted octanol–water partition coefficient (Wildman–Crippen LogP) is 1.06. The fraction of sp³-hybridized carbons (Fsp3) is 0.636. The number of carbonyl (C=O) groups is 1. The van der Waals surface area contributed by atoms with Crippen LogP contribution in [0.5, 0.6) is 0 Å². The Morgan fingerprint density at radius 1 is 1.62 bits per heavy atom. The summed E-state index contributed by atoms with van der Waals surface area (Å²) in [6, 6.07) is 0. The van der Waals surface area contributed by atoms with Gasteiger partial charge in [-0.2, -0.15) is 5.10 Å². The van der Waals surface area contributed by atoms with Gasteiger partial charge in [-0.1, -0.05) is 13.8 Å². The van der Waals surface area contributed by atoms with Crippen LogP contribution in [0.3, 0.4) is 0 Å². The molecule has 1 rings (SSSR count). The van der Waals surface area contributed by atoms with Crippen molar-refractivity contribution in [2.24, 2.45) is 11.7 Å². The minimum Gasteiger partial charge on any atom is -0.481 e. The van der Waals surface area contributed by atoms with E-state index in [0.29, 0.717) is 12.5 Å². The van der Waals surface area contributed by atoms with Gasteiger partial charge < -0.3 is 10.8 Å². The number of carboxylic acids is 1. The molecule has 0 fully saturated rings. The Hall–Kier alpha value is -1.36. The van der Waals surface area contributed by atoms with Gasteiger partial charge in [0.1, 0.15) is 0 Å². The van der Waals surface area contributed by atoms with Crippen molar-refractivity contribution in [3.63, 3.8) is 0 Å². The summed E-state index contributed by atoms with van der Waals surface area (Å²) in [4.78, 5) is 10.6. The van der Waals surface area contributed by atoms with Crippen LogP contribution in [-0.4, -0.2) is 27.4 Å². The van der Waals surface area contributed by atoms with E-state index in [1.54, 1.807) is 6.20 Å². The molecule has 1 atom stereocenters. The zero-order valence-corrected chi connectivity index (χ0v) is 9.76. The van der Waals surface area contributed by atoms with Crippen molar-refractivity contribution in [3.8, 4) is 0 Å². The molecule has 0 saturated heterocycles. The van der Waals surface area contributed by atoms with E-state index < -0.39 is 5.97 Å². The van der Waals surface area contributed by atoms with Gasteiger partial charge in [0.15, 0.2) is 0 Å². The fourth-order valence-corrected chi connectivity index (χ4v) is 1.61. The van der Waals surface area contributed by atoms with E-state index >= 15 is 0 Å². The molecule has 0 aliphatic heterocycles. The molecule has 0 aromatic carbocycles. The van der Waals surface area contributed by atoms with Gasteiger partial charge >= 0.3 is 5.97 Å². The van der Waals surface area contributed by atoms with Crippen LogP contribution in [0, 0.1) is 5.92 Å². The third-order valence-corrected chi connectivity index (χ3v) is 2.38. The van der Waals surface area contributed by atoms with E-state index in [2.05, 4.69) is 18.9 Å². The number of aliphatic carboxylic acids is 1. The molecule has 1 heterocycles. The van der Waals surface area contributed by atoms with Crippen LogP contribution < -0.4 is 5.73 Å². The maximum Gasteiger partial charge on any atom is 0.304 e. The number of carboxylic acid groups (broad SMARTS) is 1. The van der Waals surface area contributed by atoms with E-state index in [0.717, 1.165) is 12.1 Å². The number of aromatic nitrogens is 2. The van der Waals surface area contributed by atoms with E-state index in [1.165, 1.54) is 0 Å². The Labute approximate surface area is 95.3 Å². The highest BCUT2D eigenvalue weighted by molar-refractivity contribution is 5.68. The van der Waals surface area contributed by atoms with Gasteiger partial charge in [-0.15, -0.1) is 0 Å². The SMILES string of the molecule is CC(C)Cn1cc(C(CN)CC(=O)O)cn1. The predicted molar refractivity (Wildman–Crippen MR) is 61.1 cm³/mol. The lowest BCUT2D eigenvalue weighted by molar-refractivity contribution is -0.137. The van der Waals surface area contributed by atoms with E-state index in [1.807, 2.05) is 10.9 Å². The molecule has 0 aliphatic carbocycles. The number of nitrogens with two attached hydrogens (primary N) is 1. The molecule has 0 bridgehead atoms. The lowest BCUT2D eigenvalue weighted by atomic mass is 9.99. The number of hydrogen-bond donors (Lipinski definition) is 2. The van der Waals surface area contributed by atoms with E-state index in [4.69, 9.17) is 10.8 Å². The zero-order chi connectivity index (χ0) is 12.1. The van der Waals surface area contributed by atoms with E-state index in [9.17, 15) is 4.79 Å². The first-order valence-corrected chi connectivity index (χ1v) is 5.47. The molecule has 90 valence electrons. The second kappa shape index (κ2) is 5.65. The van der Waals surface area contributed by atoms with Crippen molar-refractivity contribution in [2.45, 2.75) is 32.7 Å². The first-order chi connectivity index (χ1) is 7.52. The van der Waals surface area contributed by atoms with Crippen molar-refractivity contribution in [1.82, 2.24) is 9.78 Å². The average Bonchev–Trinajstić information content (AvgIpc) is 2.61. The zero-order valence-electron chi connectivity index (χ0n) is 9.76. The molecule has 5 nitrogen and oxygen atoms in total. The molecule has 0 aliphatic rings. The molecule has 0 saturated carbocycles. The van der Waals surface area contributed by atoms with Crippen LogP contribution in [0.2, 0.25) is 0 Å². The van der Waals surface area contributed by atoms with Gasteiger partial charge in [-0.25, -0.2) is 0 Å². The quantitative estimate of drug-likeness (QED) is 0.758. The third-order valence-electron chi connectivity index (χ3n) is 2.38. The highest BCUT2D eigenvalue weighted by atomic mass is 16.4. The molecule has 1 aromatic rings. The standard InChI is InChI=1S/C11H19N3O2/c1-8(2)6-14-7-10(5-13-14)9(4-12)3-11(15)16/h5,7-9H,3-4,6,12H2,1-2H3,(H,15,16). The topological polar surface area (TPSA) is 81.1 Å². The lowest BCUT2D eigenvalue weighted by Crippen LogP contribution is -2.15. The highest BCUT2D eigenvalue weighted by Crippen LogP contribution is 2.18. The smallest absolute Gasteiger partial charge is 0.304 e. The summed E-state index contributed by atoms with van der Waals surface area (Å²) in [6.45, 7) is 5.39. The van der Waals surface area contributed by atoms with Crippen molar-refractivity contribution < 1.29 is 9.90 Å². The summed E-state index contributed by atoms with van der Waals surface area (Å²) in [5, 5.41) is 12.9. The molecule has 3 N–H and O–H groups in total. The Morgan fingerprint density at radius 2 is 2.31 bits per heavy atom. The van der Waals surface area contributed by atoms with Crippen LogP contribution in [0.15, 0.2) is 12.4 Å².